The Hall–Kier alpha value is -1.02. The predicted molar refractivity (Wildman–Crippen MR) is 85.0 cm³/mol. The number of benzene rings is 1. The maximum atomic E-state index is 5.70. The Morgan fingerprint density at radius 3 is 2.90 bits per heavy atom. The van der Waals surface area contributed by atoms with Gasteiger partial charge in [0.15, 0.2) is 0 Å². The van der Waals surface area contributed by atoms with Gasteiger partial charge in [0.05, 0.1) is 6.61 Å². The van der Waals surface area contributed by atoms with Gasteiger partial charge in [0.1, 0.15) is 5.75 Å². The molecule has 0 aliphatic heterocycles. The summed E-state index contributed by atoms with van der Waals surface area (Å²) in [5.74, 6) is 2.62. The van der Waals surface area contributed by atoms with Gasteiger partial charge in [-0.25, -0.2) is 0 Å². The Balaban J connectivity index is 1.86. The molecule has 3 atom stereocenters. The van der Waals surface area contributed by atoms with Gasteiger partial charge in [0.25, 0.3) is 0 Å². The molecule has 112 valence electrons. The molecule has 0 aromatic heterocycles. The monoisotopic (exact) mass is 275 g/mol. The number of hydrogen-bond donors (Lipinski definition) is 1. The van der Waals surface area contributed by atoms with Crippen molar-refractivity contribution < 1.29 is 4.74 Å². The summed E-state index contributed by atoms with van der Waals surface area (Å²) in [7, 11) is 0. The zero-order chi connectivity index (χ0) is 14.4. The van der Waals surface area contributed by atoms with Crippen LogP contribution in [0.15, 0.2) is 24.3 Å². The van der Waals surface area contributed by atoms with Gasteiger partial charge in [0, 0.05) is 12.6 Å². The minimum atomic E-state index is 0.666. The fraction of sp³-hybridized carbons (Fsp3) is 0.667. The fourth-order valence-electron chi connectivity index (χ4n) is 3.08. The van der Waals surface area contributed by atoms with Crippen LogP contribution in [0.1, 0.15) is 52.0 Å². The first-order valence-corrected chi connectivity index (χ1v) is 8.15. The van der Waals surface area contributed by atoms with Gasteiger partial charge < -0.3 is 10.1 Å². The number of hydrogen-bond acceptors (Lipinski definition) is 2. The highest BCUT2D eigenvalue weighted by Crippen LogP contribution is 2.29. The van der Waals surface area contributed by atoms with Gasteiger partial charge in [-0.3, -0.25) is 0 Å². The van der Waals surface area contributed by atoms with E-state index in [2.05, 4.69) is 44.3 Å². The standard InChI is InChI=1S/C18H29NO/c1-4-11-20-17-9-6-8-16(12-17)13-19-18-10-5-7-14(2)15(18)3/h6,8-9,12,14-15,18-19H,4-5,7,10-11,13H2,1-3H3. The second-order valence-corrected chi connectivity index (χ2v) is 6.25. The van der Waals surface area contributed by atoms with E-state index >= 15 is 0 Å². The summed E-state index contributed by atoms with van der Waals surface area (Å²) in [5, 5.41) is 3.75. The lowest BCUT2D eigenvalue weighted by atomic mass is 9.78. The van der Waals surface area contributed by atoms with Gasteiger partial charge in [-0.15, -0.1) is 0 Å². The van der Waals surface area contributed by atoms with Crippen molar-refractivity contribution in [2.75, 3.05) is 6.61 Å². The van der Waals surface area contributed by atoms with Crippen LogP contribution >= 0.6 is 0 Å². The molecule has 2 heteroatoms. The second-order valence-electron chi connectivity index (χ2n) is 6.25. The van der Waals surface area contributed by atoms with Crippen molar-refractivity contribution in [2.24, 2.45) is 11.8 Å². The molecule has 0 heterocycles. The Bertz CT molecular complexity index is 404. The summed E-state index contributed by atoms with van der Waals surface area (Å²) in [6, 6.07) is 9.15. The molecule has 0 saturated heterocycles. The van der Waals surface area contributed by atoms with Crippen molar-refractivity contribution in [1.82, 2.24) is 5.32 Å². The highest BCUT2D eigenvalue weighted by atomic mass is 16.5. The van der Waals surface area contributed by atoms with Crippen LogP contribution in [-0.2, 0) is 6.54 Å². The van der Waals surface area contributed by atoms with Crippen molar-refractivity contribution in [3.8, 4) is 5.75 Å². The third kappa shape index (κ3) is 4.24. The lowest BCUT2D eigenvalue weighted by Gasteiger charge is -2.34. The summed E-state index contributed by atoms with van der Waals surface area (Å²) >= 11 is 0. The molecule has 1 fully saturated rings. The van der Waals surface area contributed by atoms with Crippen LogP contribution in [0.25, 0.3) is 0 Å². The molecule has 2 rings (SSSR count). The van der Waals surface area contributed by atoms with Crippen LogP contribution in [0, 0.1) is 11.8 Å². The molecule has 1 saturated carbocycles. The number of ether oxygens (including phenoxy) is 1. The summed E-state index contributed by atoms with van der Waals surface area (Å²) < 4.78 is 5.70. The quantitative estimate of drug-likeness (QED) is 0.831. The van der Waals surface area contributed by atoms with E-state index in [4.69, 9.17) is 4.74 Å². The van der Waals surface area contributed by atoms with Gasteiger partial charge in [-0.1, -0.05) is 45.7 Å². The van der Waals surface area contributed by atoms with E-state index in [0.29, 0.717) is 6.04 Å². The Kier molecular flexibility index (Phi) is 5.90. The van der Waals surface area contributed by atoms with Crippen molar-refractivity contribution in [3.63, 3.8) is 0 Å². The molecule has 1 aromatic carbocycles. The van der Waals surface area contributed by atoms with Crippen LogP contribution in [0.2, 0.25) is 0 Å². The summed E-state index contributed by atoms with van der Waals surface area (Å²) in [4.78, 5) is 0. The van der Waals surface area contributed by atoms with Crippen molar-refractivity contribution in [3.05, 3.63) is 29.8 Å². The summed E-state index contributed by atoms with van der Waals surface area (Å²) in [6.07, 6.45) is 5.13. The SMILES string of the molecule is CCCOc1cccc(CNC2CCCC(C)C2C)c1. The molecule has 0 bridgehead atoms. The normalized spacial score (nSPS) is 26.4. The van der Waals surface area contributed by atoms with E-state index in [1.807, 2.05) is 6.07 Å². The van der Waals surface area contributed by atoms with Gasteiger partial charge in [-0.05, 0) is 42.4 Å². The Morgan fingerprint density at radius 2 is 2.10 bits per heavy atom. The van der Waals surface area contributed by atoms with E-state index < -0.39 is 0 Å². The van der Waals surface area contributed by atoms with E-state index in [1.165, 1.54) is 24.8 Å². The lowest BCUT2D eigenvalue weighted by molar-refractivity contribution is 0.206. The summed E-state index contributed by atoms with van der Waals surface area (Å²) in [5.41, 5.74) is 1.32. The highest BCUT2D eigenvalue weighted by molar-refractivity contribution is 5.28. The lowest BCUT2D eigenvalue weighted by Crippen LogP contribution is -2.40. The van der Waals surface area contributed by atoms with Gasteiger partial charge in [-0.2, -0.15) is 0 Å². The second kappa shape index (κ2) is 7.68. The van der Waals surface area contributed by atoms with Crippen molar-refractivity contribution >= 4 is 0 Å². The Morgan fingerprint density at radius 1 is 1.25 bits per heavy atom. The van der Waals surface area contributed by atoms with Crippen LogP contribution in [-0.4, -0.2) is 12.6 Å². The van der Waals surface area contributed by atoms with Crippen LogP contribution in [0.4, 0.5) is 0 Å². The zero-order valence-corrected chi connectivity index (χ0v) is 13.2. The summed E-state index contributed by atoms with van der Waals surface area (Å²) in [6.45, 7) is 8.66. The molecule has 1 N–H and O–H groups in total. The maximum absolute atomic E-state index is 5.70. The van der Waals surface area contributed by atoms with E-state index in [-0.39, 0.29) is 0 Å². The molecule has 1 aromatic rings. The first kappa shape index (κ1) is 15.4. The van der Waals surface area contributed by atoms with Crippen LogP contribution in [0.5, 0.6) is 5.75 Å². The first-order valence-electron chi connectivity index (χ1n) is 8.15. The topological polar surface area (TPSA) is 21.3 Å². The van der Waals surface area contributed by atoms with Crippen LogP contribution in [0.3, 0.4) is 0 Å². The minimum Gasteiger partial charge on any atom is -0.494 e. The molecule has 0 spiro atoms. The van der Waals surface area contributed by atoms with Crippen molar-refractivity contribution in [2.45, 2.75) is 59.0 Å². The third-order valence-corrected chi connectivity index (χ3v) is 4.65. The Labute approximate surface area is 123 Å². The number of rotatable bonds is 6. The average molecular weight is 275 g/mol. The average Bonchev–Trinajstić information content (AvgIpc) is 2.47. The number of nitrogens with one attached hydrogen (secondary N) is 1. The molecule has 2 nitrogen and oxygen atoms in total. The molecular formula is C18H29NO. The molecule has 20 heavy (non-hydrogen) atoms. The minimum absolute atomic E-state index is 0.666. The maximum Gasteiger partial charge on any atom is 0.119 e. The predicted octanol–water partition coefficient (Wildman–Crippen LogP) is 4.39. The van der Waals surface area contributed by atoms with Gasteiger partial charge in [0.2, 0.25) is 0 Å². The van der Waals surface area contributed by atoms with E-state index in [1.54, 1.807) is 0 Å². The smallest absolute Gasteiger partial charge is 0.119 e. The first-order chi connectivity index (χ1) is 9.70. The zero-order valence-electron chi connectivity index (χ0n) is 13.2. The molecule has 1 aliphatic carbocycles. The molecule has 1 aliphatic rings. The third-order valence-electron chi connectivity index (χ3n) is 4.65. The molecule has 3 unspecified atom stereocenters. The molecule has 0 radical (unpaired) electrons. The van der Waals surface area contributed by atoms with Gasteiger partial charge >= 0.3 is 0 Å². The molecular weight excluding hydrogens is 246 g/mol. The largest absolute Gasteiger partial charge is 0.494 e. The van der Waals surface area contributed by atoms with Crippen molar-refractivity contribution in [1.29, 1.82) is 0 Å². The molecule has 0 amide bonds. The van der Waals surface area contributed by atoms with E-state index in [9.17, 15) is 0 Å². The highest BCUT2D eigenvalue weighted by Gasteiger charge is 2.26. The van der Waals surface area contributed by atoms with Crippen LogP contribution < -0.4 is 10.1 Å². The fourth-order valence-corrected chi connectivity index (χ4v) is 3.08. The van der Waals surface area contributed by atoms with E-state index in [0.717, 1.165) is 37.2 Å².